The van der Waals surface area contributed by atoms with E-state index in [9.17, 15) is 10.1 Å². The van der Waals surface area contributed by atoms with Crippen LogP contribution in [0.1, 0.15) is 13.8 Å². The van der Waals surface area contributed by atoms with Gasteiger partial charge in [0.2, 0.25) is 5.95 Å². The SMILES string of the molecule is COc1cc(N2CC(C)N(C)C(C)C2)c([N+](=O)[O-])cc1-c1cnc(N2CCOCC2)nc1. The minimum atomic E-state index is -0.325. The van der Waals surface area contributed by atoms with Crippen molar-refractivity contribution in [3.8, 4) is 16.9 Å². The first-order valence-corrected chi connectivity index (χ1v) is 10.9. The lowest BCUT2D eigenvalue weighted by molar-refractivity contribution is -0.384. The van der Waals surface area contributed by atoms with Crippen LogP contribution in [0.5, 0.6) is 5.75 Å². The lowest BCUT2D eigenvalue weighted by atomic mass is 10.0. The van der Waals surface area contributed by atoms with Crippen molar-refractivity contribution in [1.82, 2.24) is 14.9 Å². The standard InChI is InChI=1S/C22H30N6O4/c1-15-13-27(14-16(2)25(15)3)19-10-21(31-4)18(9-20(19)28(29)30)17-11-23-22(24-12-17)26-5-7-32-8-6-26/h9-12,15-16H,5-8,13-14H2,1-4H3. The Morgan fingerprint density at radius 1 is 1.09 bits per heavy atom. The lowest BCUT2D eigenvalue weighted by Crippen LogP contribution is -2.55. The highest BCUT2D eigenvalue weighted by molar-refractivity contribution is 5.79. The first kappa shape index (κ1) is 22.2. The fraction of sp³-hybridized carbons (Fsp3) is 0.545. The quantitative estimate of drug-likeness (QED) is 0.511. The Morgan fingerprint density at radius 2 is 1.72 bits per heavy atom. The Balaban J connectivity index is 1.69. The summed E-state index contributed by atoms with van der Waals surface area (Å²) in [5.41, 5.74) is 1.91. The Bertz CT molecular complexity index is 952. The number of ether oxygens (including phenoxy) is 2. The van der Waals surface area contributed by atoms with Crippen LogP contribution in [-0.4, -0.2) is 85.4 Å². The molecule has 2 unspecified atom stereocenters. The van der Waals surface area contributed by atoms with E-state index in [1.54, 1.807) is 31.6 Å². The van der Waals surface area contributed by atoms with Crippen molar-refractivity contribution >= 4 is 17.3 Å². The van der Waals surface area contributed by atoms with Gasteiger partial charge in [-0.2, -0.15) is 0 Å². The highest BCUT2D eigenvalue weighted by Crippen LogP contribution is 2.41. The summed E-state index contributed by atoms with van der Waals surface area (Å²) in [6.07, 6.45) is 3.39. The van der Waals surface area contributed by atoms with Crippen molar-refractivity contribution in [3.05, 3.63) is 34.6 Å². The minimum absolute atomic E-state index is 0.0574. The van der Waals surface area contributed by atoms with Crippen LogP contribution in [0.25, 0.3) is 11.1 Å². The summed E-state index contributed by atoms with van der Waals surface area (Å²) >= 11 is 0. The zero-order valence-electron chi connectivity index (χ0n) is 19.0. The van der Waals surface area contributed by atoms with E-state index in [0.717, 1.165) is 13.1 Å². The van der Waals surface area contributed by atoms with Gasteiger partial charge in [0.15, 0.2) is 0 Å². The van der Waals surface area contributed by atoms with Gasteiger partial charge in [0.25, 0.3) is 5.69 Å². The van der Waals surface area contributed by atoms with E-state index in [1.165, 1.54) is 0 Å². The average Bonchev–Trinajstić information content (AvgIpc) is 2.82. The van der Waals surface area contributed by atoms with Crippen LogP contribution in [0.3, 0.4) is 0 Å². The van der Waals surface area contributed by atoms with E-state index in [-0.39, 0.29) is 22.7 Å². The molecule has 2 aliphatic heterocycles. The van der Waals surface area contributed by atoms with Crippen LogP contribution in [0.2, 0.25) is 0 Å². The number of hydrogen-bond donors (Lipinski definition) is 0. The molecule has 2 aromatic rings. The lowest BCUT2D eigenvalue weighted by Gasteiger charge is -2.43. The summed E-state index contributed by atoms with van der Waals surface area (Å²) in [4.78, 5) is 27.1. The molecule has 2 saturated heterocycles. The molecule has 0 radical (unpaired) electrons. The predicted molar refractivity (Wildman–Crippen MR) is 123 cm³/mol. The van der Waals surface area contributed by atoms with Crippen molar-refractivity contribution in [3.63, 3.8) is 0 Å². The molecule has 4 rings (SSSR count). The summed E-state index contributed by atoms with van der Waals surface area (Å²) in [6, 6.07) is 3.92. The zero-order valence-corrected chi connectivity index (χ0v) is 19.0. The monoisotopic (exact) mass is 442 g/mol. The van der Waals surface area contributed by atoms with Crippen LogP contribution in [0.4, 0.5) is 17.3 Å². The maximum atomic E-state index is 12.0. The number of piperazine rings is 1. The fourth-order valence-corrected chi connectivity index (χ4v) is 4.34. The maximum Gasteiger partial charge on any atom is 0.293 e. The molecule has 32 heavy (non-hydrogen) atoms. The number of anilines is 2. The molecule has 1 aromatic heterocycles. The number of hydrogen-bond acceptors (Lipinski definition) is 9. The molecule has 10 heteroatoms. The molecular weight excluding hydrogens is 412 g/mol. The van der Waals surface area contributed by atoms with Gasteiger partial charge in [-0.1, -0.05) is 0 Å². The van der Waals surface area contributed by atoms with Crippen LogP contribution >= 0.6 is 0 Å². The number of rotatable bonds is 5. The van der Waals surface area contributed by atoms with E-state index >= 15 is 0 Å². The van der Waals surface area contributed by atoms with Gasteiger partial charge in [0.1, 0.15) is 11.4 Å². The van der Waals surface area contributed by atoms with E-state index in [1.807, 2.05) is 0 Å². The normalized spacial score (nSPS) is 22.1. The number of likely N-dealkylation sites (N-methyl/N-ethyl adjacent to an activating group) is 1. The van der Waals surface area contributed by atoms with Crippen molar-refractivity contribution < 1.29 is 14.4 Å². The van der Waals surface area contributed by atoms with Crippen molar-refractivity contribution in [2.45, 2.75) is 25.9 Å². The van der Waals surface area contributed by atoms with Crippen LogP contribution in [-0.2, 0) is 4.74 Å². The van der Waals surface area contributed by atoms with Gasteiger partial charge in [-0.3, -0.25) is 15.0 Å². The van der Waals surface area contributed by atoms with Crippen LogP contribution < -0.4 is 14.5 Å². The van der Waals surface area contributed by atoms with Crippen LogP contribution in [0, 0.1) is 10.1 Å². The van der Waals surface area contributed by atoms with Crippen molar-refractivity contribution in [2.75, 3.05) is 63.4 Å². The van der Waals surface area contributed by atoms with Gasteiger partial charge in [0.05, 0.1) is 25.2 Å². The average molecular weight is 443 g/mol. The molecule has 0 aliphatic carbocycles. The van der Waals surface area contributed by atoms with E-state index < -0.39 is 0 Å². The molecule has 0 N–H and O–H groups in total. The largest absolute Gasteiger partial charge is 0.496 e. The number of aromatic nitrogens is 2. The van der Waals surface area contributed by atoms with Crippen LogP contribution in [0.15, 0.2) is 24.5 Å². The van der Waals surface area contributed by atoms with E-state index in [4.69, 9.17) is 9.47 Å². The highest BCUT2D eigenvalue weighted by atomic mass is 16.6. The number of morpholine rings is 1. The Kier molecular flexibility index (Phi) is 6.43. The van der Waals surface area contributed by atoms with Gasteiger partial charge in [-0.05, 0) is 20.9 Å². The van der Waals surface area contributed by atoms with Gasteiger partial charge < -0.3 is 19.3 Å². The van der Waals surface area contributed by atoms with Crippen molar-refractivity contribution in [1.29, 1.82) is 0 Å². The molecule has 2 atom stereocenters. The Morgan fingerprint density at radius 3 is 2.28 bits per heavy atom. The molecular formula is C22H30N6O4. The zero-order chi connectivity index (χ0) is 22.8. The minimum Gasteiger partial charge on any atom is -0.496 e. The number of nitro benzene ring substituents is 1. The van der Waals surface area contributed by atoms with E-state index in [0.29, 0.717) is 54.8 Å². The van der Waals surface area contributed by atoms with E-state index in [2.05, 4.69) is 45.6 Å². The molecule has 1 aromatic carbocycles. The maximum absolute atomic E-state index is 12.0. The van der Waals surface area contributed by atoms with Gasteiger partial charge in [0, 0.05) is 73.9 Å². The Hall–Kier alpha value is -2.98. The molecule has 0 saturated carbocycles. The summed E-state index contributed by atoms with van der Waals surface area (Å²) in [6.45, 7) is 8.46. The second-order valence-electron chi connectivity index (χ2n) is 8.44. The molecule has 172 valence electrons. The first-order chi connectivity index (χ1) is 15.4. The van der Waals surface area contributed by atoms with Gasteiger partial charge in [-0.15, -0.1) is 0 Å². The molecule has 0 amide bonds. The second-order valence-corrected chi connectivity index (χ2v) is 8.44. The predicted octanol–water partition coefficient (Wildman–Crippen LogP) is 2.43. The van der Waals surface area contributed by atoms with Gasteiger partial charge >= 0.3 is 0 Å². The molecule has 3 heterocycles. The molecule has 2 aliphatic rings. The Labute approximate surface area is 187 Å². The molecule has 2 fully saturated rings. The molecule has 0 bridgehead atoms. The summed E-state index contributed by atoms with van der Waals surface area (Å²) in [5, 5.41) is 12.0. The summed E-state index contributed by atoms with van der Waals surface area (Å²) in [5.74, 6) is 1.19. The third-order valence-electron chi connectivity index (χ3n) is 6.44. The number of nitrogens with zero attached hydrogens (tertiary/aromatic N) is 6. The number of benzene rings is 1. The third kappa shape index (κ3) is 4.33. The van der Waals surface area contributed by atoms with Gasteiger partial charge in [-0.25, -0.2) is 9.97 Å². The summed E-state index contributed by atoms with van der Waals surface area (Å²) in [7, 11) is 3.66. The number of methoxy groups -OCH3 is 1. The third-order valence-corrected chi connectivity index (χ3v) is 6.44. The highest BCUT2D eigenvalue weighted by Gasteiger charge is 2.31. The number of nitro groups is 1. The van der Waals surface area contributed by atoms with Crippen molar-refractivity contribution in [2.24, 2.45) is 0 Å². The second kappa shape index (κ2) is 9.25. The molecule has 0 spiro atoms. The topological polar surface area (TPSA) is 97.1 Å². The first-order valence-electron chi connectivity index (χ1n) is 10.9. The fourth-order valence-electron chi connectivity index (χ4n) is 4.34. The molecule has 10 nitrogen and oxygen atoms in total. The smallest absolute Gasteiger partial charge is 0.293 e. The summed E-state index contributed by atoms with van der Waals surface area (Å²) < 4.78 is 11.0.